The van der Waals surface area contributed by atoms with Crippen molar-refractivity contribution in [2.24, 2.45) is 0 Å². The van der Waals surface area contributed by atoms with Crippen LogP contribution in [-0.4, -0.2) is 35.9 Å². The van der Waals surface area contributed by atoms with E-state index in [-0.39, 0.29) is 12.8 Å². The summed E-state index contributed by atoms with van der Waals surface area (Å²) in [6.07, 6.45) is 3.52. The Morgan fingerprint density at radius 2 is 1.75 bits per heavy atom. The number of rotatable bonds is 3. The van der Waals surface area contributed by atoms with Crippen LogP contribution in [0.15, 0.2) is 43.1 Å². The van der Waals surface area contributed by atoms with Gasteiger partial charge < -0.3 is 16.0 Å². The lowest BCUT2D eigenvalue weighted by Gasteiger charge is -2.28. The number of hydrogen-bond donors (Lipinski definition) is 2. The largest absolute Gasteiger partial charge is 0.396 e. The lowest BCUT2D eigenvalue weighted by atomic mass is 10.1. The van der Waals surface area contributed by atoms with Crippen molar-refractivity contribution in [3.63, 3.8) is 0 Å². The van der Waals surface area contributed by atoms with Gasteiger partial charge in [-0.25, -0.2) is 13.8 Å². The average Bonchev–Trinajstić information content (AvgIpc) is 2.69. The van der Waals surface area contributed by atoms with E-state index in [0.717, 1.165) is 11.3 Å². The summed E-state index contributed by atoms with van der Waals surface area (Å²) in [4.78, 5) is 6.19. The maximum Gasteiger partial charge on any atom is 0.250 e. The number of pyridine rings is 1. The van der Waals surface area contributed by atoms with Crippen molar-refractivity contribution in [3.05, 3.63) is 54.2 Å². The summed E-state index contributed by atoms with van der Waals surface area (Å²) in [5.41, 5.74) is 9.62. The van der Waals surface area contributed by atoms with Gasteiger partial charge >= 0.3 is 0 Å². The van der Waals surface area contributed by atoms with Crippen molar-refractivity contribution in [2.75, 3.05) is 31.2 Å². The van der Waals surface area contributed by atoms with E-state index in [1.807, 2.05) is 56.1 Å². The minimum Gasteiger partial charge on any atom is -0.396 e. The molecular formula is C22H32F2N4. The first-order valence-corrected chi connectivity index (χ1v) is 9.57. The number of alkyl halides is 2. The summed E-state index contributed by atoms with van der Waals surface area (Å²) < 4.78 is 24.7. The van der Waals surface area contributed by atoms with E-state index >= 15 is 0 Å². The van der Waals surface area contributed by atoms with Crippen LogP contribution in [0.4, 0.5) is 26.0 Å². The van der Waals surface area contributed by atoms with Gasteiger partial charge in [-0.2, -0.15) is 0 Å². The molecule has 0 unspecified atom stereocenters. The Bertz CT molecular complexity index is 720. The number of aryl methyl sites for hydroxylation is 1. The molecule has 1 aliphatic rings. The number of anilines is 3. The Morgan fingerprint density at radius 1 is 1.18 bits per heavy atom. The highest BCUT2D eigenvalue weighted by molar-refractivity contribution is 5.71. The van der Waals surface area contributed by atoms with Crippen LogP contribution in [-0.2, 0) is 0 Å². The molecule has 0 amide bonds. The molecule has 2 heterocycles. The summed E-state index contributed by atoms with van der Waals surface area (Å²) >= 11 is 0. The van der Waals surface area contributed by atoms with E-state index in [9.17, 15) is 8.78 Å². The van der Waals surface area contributed by atoms with Gasteiger partial charge in [-0.15, -0.1) is 0 Å². The molecule has 1 aliphatic heterocycles. The Balaban J connectivity index is 0.000000301. The molecule has 1 aromatic heterocycles. The number of nitrogens with zero attached hydrogens (tertiary/aromatic N) is 2. The van der Waals surface area contributed by atoms with Crippen LogP contribution < -0.4 is 11.1 Å². The molecule has 1 saturated heterocycles. The van der Waals surface area contributed by atoms with E-state index in [1.165, 1.54) is 5.56 Å². The Kier molecular flexibility index (Phi) is 9.59. The fourth-order valence-electron chi connectivity index (χ4n) is 2.43. The number of nitrogen functional groups attached to an aromatic ring is 1. The Morgan fingerprint density at radius 3 is 2.21 bits per heavy atom. The van der Waals surface area contributed by atoms with E-state index in [0.29, 0.717) is 24.6 Å². The smallest absolute Gasteiger partial charge is 0.250 e. The second kappa shape index (κ2) is 11.4. The lowest BCUT2D eigenvalue weighted by molar-refractivity contribution is -0.0504. The van der Waals surface area contributed by atoms with Gasteiger partial charge in [-0.1, -0.05) is 44.2 Å². The van der Waals surface area contributed by atoms with Gasteiger partial charge in [0.05, 0.1) is 5.69 Å². The minimum atomic E-state index is -2.38. The molecular weight excluding hydrogens is 358 g/mol. The van der Waals surface area contributed by atoms with Crippen LogP contribution in [0.3, 0.4) is 0 Å². The molecule has 0 spiro atoms. The molecule has 0 atom stereocenters. The molecule has 1 aromatic carbocycles. The van der Waals surface area contributed by atoms with E-state index in [2.05, 4.69) is 23.8 Å². The summed E-state index contributed by atoms with van der Waals surface area (Å²) in [7, 11) is 1.87. The second-order valence-corrected chi connectivity index (χ2v) is 6.56. The van der Waals surface area contributed by atoms with Crippen LogP contribution in [0.1, 0.15) is 37.8 Å². The second-order valence-electron chi connectivity index (χ2n) is 6.56. The van der Waals surface area contributed by atoms with Gasteiger partial charge in [0.1, 0.15) is 0 Å². The standard InChI is InChI=1S/C14H15N3.C6H11F2N.C2H6/c1-3-11-8-13(15)14(16-9-11)17-12-6-4-10(2)5-7-12;1-9-4-2-6(7,8)3-5-9;1-2/h3-9H,1,15H2,2H3,(H,16,17);2-5H2,1H3;1-2H3. The van der Waals surface area contributed by atoms with Gasteiger partial charge in [-0.3, -0.25) is 0 Å². The molecule has 28 heavy (non-hydrogen) atoms. The highest BCUT2D eigenvalue weighted by atomic mass is 19.3. The van der Waals surface area contributed by atoms with Gasteiger partial charge in [0.15, 0.2) is 5.82 Å². The normalized spacial score (nSPS) is 15.4. The zero-order valence-corrected chi connectivity index (χ0v) is 17.3. The van der Waals surface area contributed by atoms with Crippen molar-refractivity contribution in [2.45, 2.75) is 39.5 Å². The van der Waals surface area contributed by atoms with Gasteiger partial charge in [0.25, 0.3) is 5.92 Å². The number of hydrogen-bond acceptors (Lipinski definition) is 4. The topological polar surface area (TPSA) is 54.2 Å². The number of piperidine rings is 1. The monoisotopic (exact) mass is 390 g/mol. The third kappa shape index (κ3) is 8.05. The number of benzene rings is 1. The first-order chi connectivity index (χ1) is 13.3. The average molecular weight is 391 g/mol. The minimum absolute atomic E-state index is 0.0312. The molecule has 3 rings (SSSR count). The van der Waals surface area contributed by atoms with Crippen molar-refractivity contribution in [1.29, 1.82) is 0 Å². The fourth-order valence-corrected chi connectivity index (χ4v) is 2.43. The maximum atomic E-state index is 12.4. The first kappa shape index (κ1) is 23.6. The number of nitrogens with one attached hydrogen (secondary N) is 1. The van der Waals surface area contributed by atoms with Crippen LogP contribution in [0.25, 0.3) is 6.08 Å². The van der Waals surface area contributed by atoms with Gasteiger partial charge in [-0.05, 0) is 37.7 Å². The van der Waals surface area contributed by atoms with E-state index in [1.54, 1.807) is 12.3 Å². The van der Waals surface area contributed by atoms with Crippen LogP contribution in [0.5, 0.6) is 0 Å². The van der Waals surface area contributed by atoms with Gasteiger partial charge in [0, 0.05) is 37.8 Å². The number of halogens is 2. The summed E-state index contributed by atoms with van der Waals surface area (Å²) in [5, 5.41) is 3.18. The Labute approximate surface area is 167 Å². The van der Waals surface area contributed by atoms with Crippen molar-refractivity contribution >= 4 is 23.3 Å². The number of aromatic nitrogens is 1. The van der Waals surface area contributed by atoms with Gasteiger partial charge in [0.2, 0.25) is 0 Å². The molecule has 3 N–H and O–H groups in total. The Hall–Kier alpha value is -2.47. The summed E-state index contributed by atoms with van der Waals surface area (Å²) in [6, 6.07) is 9.92. The zero-order chi connectivity index (χ0) is 21.2. The highest BCUT2D eigenvalue weighted by Crippen LogP contribution is 2.26. The molecule has 2 aromatic rings. The predicted octanol–water partition coefficient (Wildman–Crippen LogP) is 5.73. The predicted molar refractivity (Wildman–Crippen MR) is 116 cm³/mol. The number of nitrogens with two attached hydrogens (primary N) is 1. The molecule has 4 nitrogen and oxygen atoms in total. The van der Waals surface area contributed by atoms with Crippen LogP contribution in [0.2, 0.25) is 0 Å². The SMILES string of the molecule is C=Cc1cnc(Nc2ccc(C)cc2)c(N)c1.CC.CN1CCC(F)(F)CC1. The zero-order valence-electron chi connectivity index (χ0n) is 17.3. The van der Waals surface area contributed by atoms with Crippen molar-refractivity contribution in [3.8, 4) is 0 Å². The van der Waals surface area contributed by atoms with Crippen LogP contribution in [0, 0.1) is 6.92 Å². The molecule has 0 bridgehead atoms. The van der Waals surface area contributed by atoms with Crippen molar-refractivity contribution < 1.29 is 8.78 Å². The molecule has 154 valence electrons. The first-order valence-electron chi connectivity index (χ1n) is 9.57. The molecule has 0 radical (unpaired) electrons. The van der Waals surface area contributed by atoms with Crippen molar-refractivity contribution in [1.82, 2.24) is 9.88 Å². The summed E-state index contributed by atoms with van der Waals surface area (Å²) in [5.74, 6) is -1.72. The van der Waals surface area contributed by atoms with Crippen LogP contribution >= 0.6 is 0 Å². The molecule has 0 aliphatic carbocycles. The van der Waals surface area contributed by atoms with E-state index < -0.39 is 5.92 Å². The highest BCUT2D eigenvalue weighted by Gasteiger charge is 2.32. The molecule has 6 heteroatoms. The quantitative estimate of drug-likeness (QED) is 0.702. The molecule has 1 fully saturated rings. The third-order valence-electron chi connectivity index (χ3n) is 4.21. The molecule has 0 saturated carbocycles. The van der Waals surface area contributed by atoms with E-state index in [4.69, 9.17) is 5.73 Å². The maximum absolute atomic E-state index is 12.4. The lowest BCUT2D eigenvalue weighted by Crippen LogP contribution is -2.36. The fraction of sp³-hybridized carbons (Fsp3) is 0.409. The number of likely N-dealkylation sites (tertiary alicyclic amines) is 1. The third-order valence-corrected chi connectivity index (χ3v) is 4.21. The summed E-state index contributed by atoms with van der Waals surface area (Å²) in [6.45, 7) is 10.8.